The topological polar surface area (TPSA) is 50.2 Å². The van der Waals surface area contributed by atoms with E-state index in [4.69, 9.17) is 28.3 Å². The first-order chi connectivity index (χ1) is 7.75. The summed E-state index contributed by atoms with van der Waals surface area (Å²) >= 11 is 11.3. The molecule has 1 aromatic rings. The lowest BCUT2D eigenvalue weighted by molar-refractivity contribution is -0.174. The van der Waals surface area contributed by atoms with Crippen molar-refractivity contribution in [1.29, 1.82) is 0 Å². The van der Waals surface area contributed by atoms with Gasteiger partial charge in [-0.25, -0.2) is 13.8 Å². The van der Waals surface area contributed by atoms with Crippen LogP contribution >= 0.6 is 23.2 Å². The fourth-order valence-electron chi connectivity index (χ4n) is 2.05. The molecule has 7 heteroatoms. The molecule has 0 aliphatic heterocycles. The lowest BCUT2D eigenvalue weighted by Crippen LogP contribution is -2.54. The number of aliphatic carboxylic acids is 1. The maximum absolute atomic E-state index is 12.9. The summed E-state index contributed by atoms with van der Waals surface area (Å²) in [6.45, 7) is 0. The van der Waals surface area contributed by atoms with Crippen LogP contribution in [-0.4, -0.2) is 22.0 Å². The molecule has 0 saturated heterocycles. The Morgan fingerprint density at radius 1 is 1.29 bits per heavy atom. The minimum absolute atomic E-state index is 0.0108. The number of aromatic nitrogens is 1. The van der Waals surface area contributed by atoms with Crippen LogP contribution in [0.4, 0.5) is 8.78 Å². The first-order valence-electron chi connectivity index (χ1n) is 4.70. The monoisotopic (exact) mass is 281 g/mol. The third-order valence-electron chi connectivity index (χ3n) is 2.85. The zero-order chi connectivity index (χ0) is 12.8. The van der Waals surface area contributed by atoms with E-state index in [9.17, 15) is 13.6 Å². The summed E-state index contributed by atoms with van der Waals surface area (Å²) in [5.41, 5.74) is -1.44. The van der Waals surface area contributed by atoms with Crippen molar-refractivity contribution in [3.8, 4) is 0 Å². The van der Waals surface area contributed by atoms with Gasteiger partial charge in [-0.2, -0.15) is 0 Å². The lowest BCUT2D eigenvalue weighted by atomic mass is 9.62. The van der Waals surface area contributed by atoms with Gasteiger partial charge in [-0.05, 0) is 17.7 Å². The molecule has 0 aromatic carbocycles. The third-order valence-corrected chi connectivity index (χ3v) is 3.23. The Bertz CT molecular complexity index is 465. The zero-order valence-corrected chi connectivity index (χ0v) is 9.90. The molecular weight excluding hydrogens is 275 g/mol. The van der Waals surface area contributed by atoms with Gasteiger partial charge in [0.1, 0.15) is 15.7 Å². The highest BCUT2D eigenvalue weighted by molar-refractivity contribution is 6.32. The molecule has 1 fully saturated rings. The van der Waals surface area contributed by atoms with E-state index < -0.39 is 30.1 Å². The molecule has 0 spiro atoms. The van der Waals surface area contributed by atoms with Gasteiger partial charge in [0.15, 0.2) is 0 Å². The summed E-state index contributed by atoms with van der Waals surface area (Å²) < 4.78 is 25.9. The first kappa shape index (κ1) is 12.5. The number of rotatable bonds is 2. The van der Waals surface area contributed by atoms with E-state index in [1.54, 1.807) is 0 Å². The van der Waals surface area contributed by atoms with Crippen LogP contribution in [-0.2, 0) is 10.2 Å². The van der Waals surface area contributed by atoms with Crippen LogP contribution in [0.25, 0.3) is 0 Å². The van der Waals surface area contributed by atoms with Crippen molar-refractivity contribution in [3.05, 3.63) is 28.0 Å². The van der Waals surface area contributed by atoms with Crippen molar-refractivity contribution in [2.24, 2.45) is 0 Å². The van der Waals surface area contributed by atoms with Gasteiger partial charge >= 0.3 is 5.97 Å². The van der Waals surface area contributed by atoms with Crippen molar-refractivity contribution < 1.29 is 18.7 Å². The summed E-state index contributed by atoms with van der Waals surface area (Å²) in [5.74, 6) is -4.26. The summed E-state index contributed by atoms with van der Waals surface area (Å²) in [6, 6.07) is 2.52. The second-order valence-electron chi connectivity index (χ2n) is 4.10. The minimum Gasteiger partial charge on any atom is -0.481 e. The molecule has 1 aliphatic rings. The number of nitrogens with zero attached hydrogens (tertiary/aromatic N) is 1. The predicted molar refractivity (Wildman–Crippen MR) is 57.8 cm³/mol. The third kappa shape index (κ3) is 2.09. The Morgan fingerprint density at radius 3 is 2.12 bits per heavy atom. The Kier molecular flexibility index (Phi) is 2.78. The van der Waals surface area contributed by atoms with Gasteiger partial charge in [0, 0.05) is 12.8 Å². The fourth-order valence-corrected chi connectivity index (χ4v) is 2.51. The van der Waals surface area contributed by atoms with Gasteiger partial charge in [0.2, 0.25) is 0 Å². The molecule has 0 bridgehead atoms. The average molecular weight is 282 g/mol. The normalized spacial score (nSPS) is 20.7. The van der Waals surface area contributed by atoms with Gasteiger partial charge in [-0.1, -0.05) is 23.2 Å². The van der Waals surface area contributed by atoms with Crippen molar-refractivity contribution >= 4 is 29.2 Å². The number of carbonyl (C=O) groups is 1. The lowest BCUT2D eigenvalue weighted by Gasteiger charge is -2.44. The Hall–Kier alpha value is -0.940. The van der Waals surface area contributed by atoms with Gasteiger partial charge in [-0.15, -0.1) is 0 Å². The zero-order valence-electron chi connectivity index (χ0n) is 8.38. The molecule has 1 N–H and O–H groups in total. The highest BCUT2D eigenvalue weighted by Gasteiger charge is 2.62. The van der Waals surface area contributed by atoms with Gasteiger partial charge in [-0.3, -0.25) is 4.79 Å². The number of hydrogen-bond acceptors (Lipinski definition) is 2. The number of alkyl halides is 2. The SMILES string of the molecule is O=C(O)C1(c2cc(Cl)nc(Cl)c2)CC(F)(F)C1. The highest BCUT2D eigenvalue weighted by atomic mass is 35.5. The van der Waals surface area contributed by atoms with E-state index >= 15 is 0 Å². The maximum Gasteiger partial charge on any atom is 0.314 e. The van der Waals surface area contributed by atoms with Crippen LogP contribution in [0.15, 0.2) is 12.1 Å². The fraction of sp³-hybridized carbons (Fsp3) is 0.400. The van der Waals surface area contributed by atoms with Crippen LogP contribution < -0.4 is 0 Å². The second-order valence-corrected chi connectivity index (χ2v) is 4.87. The molecular formula is C10H7Cl2F2NO2. The molecule has 0 unspecified atom stereocenters. The van der Waals surface area contributed by atoms with E-state index in [0.717, 1.165) is 0 Å². The van der Waals surface area contributed by atoms with E-state index in [0.29, 0.717) is 0 Å². The molecule has 0 amide bonds. The molecule has 1 aromatic heterocycles. The van der Waals surface area contributed by atoms with E-state index in [1.807, 2.05) is 0 Å². The average Bonchev–Trinajstić information content (AvgIpc) is 2.11. The first-order valence-corrected chi connectivity index (χ1v) is 5.46. The standard InChI is InChI=1S/C10H7Cl2F2NO2/c11-6-1-5(2-7(12)15-6)9(8(16)17)3-10(13,14)4-9/h1-2H,3-4H2,(H,16,17). The molecule has 2 rings (SSSR count). The van der Waals surface area contributed by atoms with Crippen molar-refractivity contribution in [3.63, 3.8) is 0 Å². The number of pyridine rings is 1. The second kappa shape index (κ2) is 3.78. The highest BCUT2D eigenvalue weighted by Crippen LogP contribution is 2.54. The molecule has 17 heavy (non-hydrogen) atoms. The molecule has 92 valence electrons. The largest absolute Gasteiger partial charge is 0.481 e. The smallest absolute Gasteiger partial charge is 0.314 e. The van der Waals surface area contributed by atoms with E-state index in [-0.39, 0.29) is 15.9 Å². The molecule has 0 radical (unpaired) electrons. The van der Waals surface area contributed by atoms with Crippen LogP contribution in [0.2, 0.25) is 10.3 Å². The maximum atomic E-state index is 12.9. The van der Waals surface area contributed by atoms with Crippen LogP contribution in [0.5, 0.6) is 0 Å². The summed E-state index contributed by atoms with van der Waals surface area (Å²) in [7, 11) is 0. The number of halogens is 4. The number of carboxylic acids is 1. The van der Waals surface area contributed by atoms with Crippen molar-refractivity contribution in [2.45, 2.75) is 24.2 Å². The van der Waals surface area contributed by atoms with Gasteiger partial charge < -0.3 is 5.11 Å². The molecule has 1 saturated carbocycles. The Labute approximate surface area is 105 Å². The number of hydrogen-bond donors (Lipinski definition) is 1. The van der Waals surface area contributed by atoms with E-state index in [1.165, 1.54) is 12.1 Å². The van der Waals surface area contributed by atoms with E-state index in [2.05, 4.69) is 4.98 Å². The molecule has 3 nitrogen and oxygen atoms in total. The quantitative estimate of drug-likeness (QED) is 0.848. The molecule has 0 atom stereocenters. The summed E-state index contributed by atoms with van der Waals surface area (Å²) in [6.07, 6.45) is -1.49. The number of carboxylic acid groups (broad SMARTS) is 1. The Morgan fingerprint density at radius 2 is 1.76 bits per heavy atom. The Balaban J connectivity index is 2.45. The van der Waals surface area contributed by atoms with Crippen LogP contribution in [0.1, 0.15) is 18.4 Å². The van der Waals surface area contributed by atoms with Crippen LogP contribution in [0.3, 0.4) is 0 Å². The molecule has 1 heterocycles. The van der Waals surface area contributed by atoms with Crippen LogP contribution in [0, 0.1) is 0 Å². The summed E-state index contributed by atoms with van der Waals surface area (Å²) in [5, 5.41) is 9.09. The summed E-state index contributed by atoms with van der Waals surface area (Å²) in [4.78, 5) is 14.8. The van der Waals surface area contributed by atoms with Gasteiger partial charge in [0.05, 0.1) is 0 Å². The molecule has 1 aliphatic carbocycles. The van der Waals surface area contributed by atoms with Crippen molar-refractivity contribution in [1.82, 2.24) is 4.98 Å². The van der Waals surface area contributed by atoms with Crippen molar-refractivity contribution in [2.75, 3.05) is 0 Å². The minimum atomic E-state index is -2.96. The van der Waals surface area contributed by atoms with Gasteiger partial charge in [0.25, 0.3) is 5.92 Å². The predicted octanol–water partition coefficient (Wildman–Crippen LogP) is 3.14.